The maximum atomic E-state index is 12.9. The van der Waals surface area contributed by atoms with Gasteiger partial charge >= 0.3 is 0 Å². The molecule has 0 atom stereocenters. The Morgan fingerprint density at radius 3 is 2.73 bits per heavy atom. The first-order valence-corrected chi connectivity index (χ1v) is 3.79. The molecule has 0 aliphatic rings. The lowest BCUT2D eigenvalue weighted by atomic mass is 10.2. The number of nitrogens with two attached hydrogens (primary N) is 1. The minimum atomic E-state index is -0.554. The highest BCUT2D eigenvalue weighted by Gasteiger charge is 2.07. The number of hydrogen-bond donors (Lipinski definition) is 2. The standard InChI is InChI=1S/C7H7BrFNO/c8-5-2-1-4(3-11)6(9)7(5)10/h1-2,11H,3,10H2. The normalized spacial score (nSPS) is 10.1. The monoisotopic (exact) mass is 219 g/mol. The number of aliphatic hydroxyl groups excluding tert-OH is 1. The minimum Gasteiger partial charge on any atom is -0.395 e. The molecule has 4 heteroatoms. The van der Waals surface area contributed by atoms with Crippen LogP contribution in [0.4, 0.5) is 10.1 Å². The van der Waals surface area contributed by atoms with Crippen molar-refractivity contribution in [3.8, 4) is 0 Å². The summed E-state index contributed by atoms with van der Waals surface area (Å²) in [5, 5.41) is 8.62. The van der Waals surface area contributed by atoms with E-state index in [4.69, 9.17) is 10.8 Å². The van der Waals surface area contributed by atoms with Crippen LogP contribution in [-0.2, 0) is 6.61 Å². The summed E-state index contributed by atoms with van der Waals surface area (Å²) in [4.78, 5) is 0. The van der Waals surface area contributed by atoms with E-state index in [1.807, 2.05) is 0 Å². The molecule has 1 rings (SSSR count). The molecular weight excluding hydrogens is 213 g/mol. The molecule has 0 saturated carbocycles. The summed E-state index contributed by atoms with van der Waals surface area (Å²) in [6, 6.07) is 3.08. The predicted molar refractivity (Wildman–Crippen MR) is 44.4 cm³/mol. The molecule has 0 radical (unpaired) electrons. The van der Waals surface area contributed by atoms with Crippen LogP contribution in [0.5, 0.6) is 0 Å². The van der Waals surface area contributed by atoms with E-state index < -0.39 is 5.82 Å². The van der Waals surface area contributed by atoms with Crippen LogP contribution >= 0.6 is 15.9 Å². The van der Waals surface area contributed by atoms with Gasteiger partial charge in [-0.05, 0) is 22.0 Å². The molecule has 0 heterocycles. The van der Waals surface area contributed by atoms with Crippen molar-refractivity contribution in [2.45, 2.75) is 6.61 Å². The molecule has 0 spiro atoms. The molecule has 0 unspecified atom stereocenters. The van der Waals surface area contributed by atoms with Gasteiger partial charge in [0.15, 0.2) is 5.82 Å². The number of anilines is 1. The Hall–Kier alpha value is -0.610. The van der Waals surface area contributed by atoms with Gasteiger partial charge in [-0.25, -0.2) is 4.39 Å². The largest absolute Gasteiger partial charge is 0.395 e. The zero-order chi connectivity index (χ0) is 8.43. The number of hydrogen-bond acceptors (Lipinski definition) is 2. The second-order valence-electron chi connectivity index (χ2n) is 2.09. The average Bonchev–Trinajstić information content (AvgIpc) is 2.01. The van der Waals surface area contributed by atoms with E-state index in [2.05, 4.69) is 15.9 Å². The van der Waals surface area contributed by atoms with Crippen LogP contribution < -0.4 is 5.73 Å². The highest BCUT2D eigenvalue weighted by Crippen LogP contribution is 2.24. The fraction of sp³-hybridized carbons (Fsp3) is 0.143. The zero-order valence-corrected chi connectivity index (χ0v) is 7.23. The molecule has 0 aliphatic carbocycles. The summed E-state index contributed by atoms with van der Waals surface area (Å²) in [5.41, 5.74) is 5.58. The van der Waals surface area contributed by atoms with E-state index in [0.717, 1.165) is 0 Å². The molecule has 0 saturated heterocycles. The number of aliphatic hydroxyl groups is 1. The molecule has 2 nitrogen and oxygen atoms in total. The Labute approximate surface area is 72.0 Å². The second kappa shape index (κ2) is 3.19. The van der Waals surface area contributed by atoms with Gasteiger partial charge in [-0.1, -0.05) is 6.07 Å². The highest BCUT2D eigenvalue weighted by molar-refractivity contribution is 9.10. The Balaban J connectivity index is 3.25. The van der Waals surface area contributed by atoms with Crippen molar-refractivity contribution in [2.24, 2.45) is 0 Å². The van der Waals surface area contributed by atoms with Crippen molar-refractivity contribution in [3.05, 3.63) is 28.0 Å². The van der Waals surface area contributed by atoms with Crippen molar-refractivity contribution >= 4 is 21.6 Å². The lowest BCUT2D eigenvalue weighted by molar-refractivity contribution is 0.276. The Bertz CT molecular complexity index is 277. The third kappa shape index (κ3) is 1.52. The van der Waals surface area contributed by atoms with Gasteiger partial charge in [0.2, 0.25) is 0 Å². The van der Waals surface area contributed by atoms with E-state index in [1.165, 1.54) is 6.07 Å². The van der Waals surface area contributed by atoms with Gasteiger partial charge in [0.1, 0.15) is 0 Å². The topological polar surface area (TPSA) is 46.2 Å². The zero-order valence-electron chi connectivity index (χ0n) is 5.64. The van der Waals surface area contributed by atoms with Crippen LogP contribution in [0.2, 0.25) is 0 Å². The van der Waals surface area contributed by atoms with Gasteiger partial charge in [-0.3, -0.25) is 0 Å². The van der Waals surface area contributed by atoms with Crippen molar-refractivity contribution in [2.75, 3.05) is 5.73 Å². The quantitative estimate of drug-likeness (QED) is 0.707. The summed E-state index contributed by atoms with van der Waals surface area (Å²) < 4.78 is 13.5. The van der Waals surface area contributed by atoms with Gasteiger partial charge in [0.05, 0.1) is 12.3 Å². The van der Waals surface area contributed by atoms with E-state index in [0.29, 0.717) is 4.47 Å². The van der Waals surface area contributed by atoms with Crippen LogP contribution in [0.15, 0.2) is 16.6 Å². The minimum absolute atomic E-state index is 0.0385. The van der Waals surface area contributed by atoms with E-state index in [-0.39, 0.29) is 17.9 Å². The van der Waals surface area contributed by atoms with Gasteiger partial charge in [0, 0.05) is 10.0 Å². The molecule has 11 heavy (non-hydrogen) atoms. The van der Waals surface area contributed by atoms with Gasteiger partial charge in [-0.2, -0.15) is 0 Å². The van der Waals surface area contributed by atoms with E-state index in [1.54, 1.807) is 6.07 Å². The molecule has 1 aromatic carbocycles. The molecule has 0 fully saturated rings. The molecule has 0 aromatic heterocycles. The highest BCUT2D eigenvalue weighted by atomic mass is 79.9. The predicted octanol–water partition coefficient (Wildman–Crippen LogP) is 1.66. The Kier molecular flexibility index (Phi) is 2.46. The Morgan fingerprint density at radius 2 is 2.18 bits per heavy atom. The van der Waals surface area contributed by atoms with E-state index >= 15 is 0 Å². The number of halogens is 2. The van der Waals surface area contributed by atoms with Crippen molar-refractivity contribution < 1.29 is 9.50 Å². The maximum Gasteiger partial charge on any atom is 0.152 e. The molecule has 1 aromatic rings. The van der Waals surface area contributed by atoms with Crippen LogP contribution in [0.1, 0.15) is 5.56 Å². The maximum absolute atomic E-state index is 12.9. The first kappa shape index (κ1) is 8.49. The number of nitrogen functional groups attached to an aromatic ring is 1. The van der Waals surface area contributed by atoms with Crippen LogP contribution in [0, 0.1) is 5.82 Å². The second-order valence-corrected chi connectivity index (χ2v) is 2.95. The van der Waals surface area contributed by atoms with Crippen molar-refractivity contribution in [1.29, 1.82) is 0 Å². The van der Waals surface area contributed by atoms with Gasteiger partial charge < -0.3 is 10.8 Å². The molecule has 0 amide bonds. The first-order valence-electron chi connectivity index (χ1n) is 3.00. The lowest BCUT2D eigenvalue weighted by Crippen LogP contribution is -1.97. The molecule has 60 valence electrons. The fourth-order valence-corrected chi connectivity index (χ4v) is 1.04. The number of benzene rings is 1. The van der Waals surface area contributed by atoms with Crippen LogP contribution in [0.25, 0.3) is 0 Å². The van der Waals surface area contributed by atoms with Gasteiger partial charge in [0.25, 0.3) is 0 Å². The third-order valence-electron chi connectivity index (χ3n) is 1.38. The molecular formula is C7H7BrFNO. The summed E-state index contributed by atoms with van der Waals surface area (Å²) in [7, 11) is 0. The third-order valence-corrected chi connectivity index (χ3v) is 2.07. The molecule has 0 bridgehead atoms. The first-order chi connectivity index (χ1) is 5.16. The number of rotatable bonds is 1. The van der Waals surface area contributed by atoms with E-state index in [9.17, 15) is 4.39 Å². The Morgan fingerprint density at radius 1 is 1.55 bits per heavy atom. The SMILES string of the molecule is Nc1c(Br)ccc(CO)c1F. The molecule has 3 N–H and O–H groups in total. The average molecular weight is 220 g/mol. The molecule has 0 aliphatic heterocycles. The lowest BCUT2D eigenvalue weighted by Gasteiger charge is -2.03. The fourth-order valence-electron chi connectivity index (χ4n) is 0.737. The summed E-state index contributed by atoms with van der Waals surface area (Å²) in [6.07, 6.45) is 0. The van der Waals surface area contributed by atoms with Crippen molar-refractivity contribution in [1.82, 2.24) is 0 Å². The van der Waals surface area contributed by atoms with Gasteiger partial charge in [-0.15, -0.1) is 0 Å². The summed E-state index contributed by atoms with van der Waals surface area (Å²) in [6.45, 7) is -0.330. The smallest absolute Gasteiger partial charge is 0.152 e. The van der Waals surface area contributed by atoms with Crippen LogP contribution in [0.3, 0.4) is 0 Å². The summed E-state index contributed by atoms with van der Waals surface area (Å²) >= 11 is 3.06. The van der Waals surface area contributed by atoms with Crippen molar-refractivity contribution in [3.63, 3.8) is 0 Å². The van der Waals surface area contributed by atoms with Crippen LogP contribution in [-0.4, -0.2) is 5.11 Å². The summed E-state index contributed by atoms with van der Waals surface area (Å²) in [5.74, 6) is -0.554.